The largest absolute Gasteiger partial charge is 0.394 e. The zero-order valence-electron chi connectivity index (χ0n) is 4.45. The summed E-state index contributed by atoms with van der Waals surface area (Å²) >= 11 is 0. The summed E-state index contributed by atoms with van der Waals surface area (Å²) < 4.78 is 4.79. The first-order valence-corrected chi connectivity index (χ1v) is 2.60. The molecule has 0 unspecified atom stereocenters. The van der Waals surface area contributed by atoms with Crippen LogP contribution in [0.4, 0.5) is 0 Å². The van der Waals surface area contributed by atoms with Crippen LogP contribution in [0.25, 0.3) is 0 Å². The number of aliphatic hydroxyl groups is 2. The molecule has 0 saturated carbocycles. The van der Waals surface area contributed by atoms with Crippen LogP contribution in [0.5, 0.6) is 0 Å². The Labute approximate surface area is 47.9 Å². The summed E-state index contributed by atoms with van der Waals surface area (Å²) in [6.07, 6.45) is -0.131. The Morgan fingerprint density at radius 1 is 1.75 bits per heavy atom. The quantitative estimate of drug-likeness (QED) is 0.477. The van der Waals surface area contributed by atoms with Crippen LogP contribution in [-0.4, -0.2) is 29.0 Å². The predicted octanol–water partition coefficient (Wildman–Crippen LogP) is -0.710. The average Bonchev–Trinajstić information content (AvgIpc) is 2.14. The summed E-state index contributed by atoms with van der Waals surface area (Å²) in [7, 11) is 0. The van der Waals surface area contributed by atoms with Crippen molar-refractivity contribution in [1.29, 1.82) is 0 Å². The molecule has 47 valence electrons. The van der Waals surface area contributed by atoms with E-state index in [0.717, 1.165) is 0 Å². The molecule has 0 amide bonds. The highest BCUT2D eigenvalue weighted by atomic mass is 16.5. The first-order valence-electron chi connectivity index (χ1n) is 2.60. The van der Waals surface area contributed by atoms with E-state index < -0.39 is 6.10 Å². The maximum Gasteiger partial charge on any atom is 0.113 e. The maximum absolute atomic E-state index is 8.74. The SMILES string of the molecule is OC[C@@H]1C[C@@H](O)[CH]O1. The molecule has 2 N–H and O–H groups in total. The first-order chi connectivity index (χ1) is 3.83. The minimum absolute atomic E-state index is 0.00639. The van der Waals surface area contributed by atoms with E-state index in [4.69, 9.17) is 14.9 Å². The van der Waals surface area contributed by atoms with Crippen molar-refractivity contribution in [3.8, 4) is 0 Å². The third-order valence-corrected chi connectivity index (χ3v) is 1.14. The highest BCUT2D eigenvalue weighted by Crippen LogP contribution is 2.15. The number of rotatable bonds is 1. The van der Waals surface area contributed by atoms with Crippen molar-refractivity contribution in [1.82, 2.24) is 0 Å². The van der Waals surface area contributed by atoms with Gasteiger partial charge in [-0.3, -0.25) is 0 Å². The summed E-state index contributed by atoms with van der Waals surface area (Å²) in [5, 5.41) is 17.2. The third kappa shape index (κ3) is 1.18. The van der Waals surface area contributed by atoms with E-state index in [1.165, 1.54) is 6.61 Å². The molecule has 8 heavy (non-hydrogen) atoms. The van der Waals surface area contributed by atoms with E-state index in [-0.39, 0.29) is 12.7 Å². The van der Waals surface area contributed by atoms with Gasteiger partial charge in [-0.25, -0.2) is 0 Å². The molecule has 0 spiro atoms. The summed E-state index contributed by atoms with van der Waals surface area (Å²) in [6.45, 7) is 1.34. The van der Waals surface area contributed by atoms with Gasteiger partial charge in [0.25, 0.3) is 0 Å². The van der Waals surface area contributed by atoms with Crippen molar-refractivity contribution in [3.05, 3.63) is 6.61 Å². The van der Waals surface area contributed by atoms with Gasteiger partial charge in [-0.1, -0.05) is 0 Å². The molecule has 0 aliphatic carbocycles. The molecule has 1 rings (SSSR count). The van der Waals surface area contributed by atoms with E-state index in [2.05, 4.69) is 0 Å². The Morgan fingerprint density at radius 3 is 2.75 bits per heavy atom. The molecule has 1 saturated heterocycles. The predicted molar refractivity (Wildman–Crippen MR) is 26.9 cm³/mol. The molecular formula is C5H9O3. The van der Waals surface area contributed by atoms with Crippen molar-refractivity contribution in [2.75, 3.05) is 6.61 Å². The molecule has 0 aromatic carbocycles. The van der Waals surface area contributed by atoms with Crippen LogP contribution in [0.2, 0.25) is 0 Å². The van der Waals surface area contributed by atoms with Crippen LogP contribution >= 0.6 is 0 Å². The van der Waals surface area contributed by atoms with Crippen molar-refractivity contribution < 1.29 is 14.9 Å². The Hall–Kier alpha value is -0.120. The Morgan fingerprint density at radius 2 is 2.50 bits per heavy atom. The second kappa shape index (κ2) is 2.44. The summed E-state index contributed by atoms with van der Waals surface area (Å²) in [6, 6.07) is 0. The molecule has 1 aliphatic heterocycles. The summed E-state index contributed by atoms with van der Waals surface area (Å²) in [5.74, 6) is 0. The van der Waals surface area contributed by atoms with E-state index in [0.29, 0.717) is 6.42 Å². The Balaban J connectivity index is 2.22. The molecule has 0 aromatic heterocycles. The lowest BCUT2D eigenvalue weighted by Gasteiger charge is -2.00. The normalized spacial score (nSPS) is 38.2. The molecule has 1 heterocycles. The van der Waals surface area contributed by atoms with Crippen molar-refractivity contribution in [2.45, 2.75) is 18.6 Å². The van der Waals surface area contributed by atoms with Crippen LogP contribution < -0.4 is 0 Å². The van der Waals surface area contributed by atoms with E-state index in [9.17, 15) is 0 Å². The van der Waals surface area contributed by atoms with E-state index in [1.807, 2.05) is 0 Å². The van der Waals surface area contributed by atoms with Gasteiger partial charge in [0, 0.05) is 6.42 Å². The van der Waals surface area contributed by atoms with Crippen LogP contribution in [0.15, 0.2) is 0 Å². The maximum atomic E-state index is 8.74. The fourth-order valence-corrected chi connectivity index (χ4v) is 0.700. The molecular weight excluding hydrogens is 108 g/mol. The molecule has 3 nitrogen and oxygen atoms in total. The van der Waals surface area contributed by atoms with Crippen molar-refractivity contribution in [3.63, 3.8) is 0 Å². The number of ether oxygens (including phenoxy) is 1. The van der Waals surface area contributed by atoms with E-state index in [1.54, 1.807) is 0 Å². The van der Waals surface area contributed by atoms with E-state index >= 15 is 0 Å². The standard InChI is InChI=1S/C5H9O3/c6-2-5-1-4(7)3-8-5/h3-7H,1-2H2/t4-,5+/m1/s1. The lowest BCUT2D eigenvalue weighted by molar-refractivity contribution is 0.0860. The second-order valence-electron chi connectivity index (χ2n) is 1.88. The Kier molecular flexibility index (Phi) is 1.83. The third-order valence-electron chi connectivity index (χ3n) is 1.14. The summed E-state index contributed by atoms with van der Waals surface area (Å²) in [5.41, 5.74) is 0. The molecule has 1 fully saturated rings. The van der Waals surface area contributed by atoms with Gasteiger partial charge in [-0.2, -0.15) is 0 Å². The molecule has 0 bridgehead atoms. The smallest absolute Gasteiger partial charge is 0.113 e. The lowest BCUT2D eigenvalue weighted by atomic mass is 10.2. The highest BCUT2D eigenvalue weighted by molar-refractivity contribution is 4.79. The zero-order chi connectivity index (χ0) is 5.98. The number of aliphatic hydroxyl groups excluding tert-OH is 2. The van der Waals surface area contributed by atoms with Crippen molar-refractivity contribution in [2.24, 2.45) is 0 Å². The van der Waals surface area contributed by atoms with Crippen LogP contribution in [0.3, 0.4) is 0 Å². The average molecular weight is 117 g/mol. The monoisotopic (exact) mass is 117 g/mol. The molecule has 1 radical (unpaired) electrons. The fourth-order valence-electron chi connectivity index (χ4n) is 0.700. The van der Waals surface area contributed by atoms with Gasteiger partial charge >= 0.3 is 0 Å². The second-order valence-corrected chi connectivity index (χ2v) is 1.88. The molecule has 0 aromatic rings. The number of hydrogen-bond donors (Lipinski definition) is 2. The van der Waals surface area contributed by atoms with Crippen molar-refractivity contribution >= 4 is 0 Å². The van der Waals surface area contributed by atoms with Gasteiger partial charge in [0.15, 0.2) is 0 Å². The fraction of sp³-hybridized carbons (Fsp3) is 0.800. The Bertz CT molecular complexity index is 74.1. The van der Waals surface area contributed by atoms with Crippen LogP contribution in [0, 0.1) is 6.61 Å². The first kappa shape index (κ1) is 6.01. The van der Waals surface area contributed by atoms with Gasteiger partial charge in [0.2, 0.25) is 0 Å². The molecule has 1 aliphatic rings. The van der Waals surface area contributed by atoms with Crippen LogP contribution in [-0.2, 0) is 4.74 Å². The van der Waals surface area contributed by atoms with Gasteiger partial charge in [0.05, 0.1) is 18.8 Å². The zero-order valence-corrected chi connectivity index (χ0v) is 4.45. The summed E-state index contributed by atoms with van der Waals surface area (Å²) in [4.78, 5) is 0. The lowest BCUT2D eigenvalue weighted by Crippen LogP contribution is -2.10. The highest BCUT2D eigenvalue weighted by Gasteiger charge is 2.22. The minimum Gasteiger partial charge on any atom is -0.394 e. The van der Waals surface area contributed by atoms with Gasteiger partial charge in [-0.15, -0.1) is 0 Å². The molecule has 2 atom stereocenters. The van der Waals surface area contributed by atoms with Gasteiger partial charge in [0.1, 0.15) is 6.61 Å². The topological polar surface area (TPSA) is 49.7 Å². The molecule has 3 heteroatoms. The van der Waals surface area contributed by atoms with Gasteiger partial charge in [-0.05, 0) is 0 Å². The van der Waals surface area contributed by atoms with Crippen LogP contribution in [0.1, 0.15) is 6.42 Å². The number of hydrogen-bond acceptors (Lipinski definition) is 3. The minimum atomic E-state index is -0.479. The van der Waals surface area contributed by atoms with Gasteiger partial charge < -0.3 is 14.9 Å².